The van der Waals surface area contributed by atoms with Gasteiger partial charge in [-0.15, -0.1) is 0 Å². The van der Waals surface area contributed by atoms with E-state index in [4.69, 9.17) is 14.5 Å². The van der Waals surface area contributed by atoms with Crippen molar-refractivity contribution >= 4 is 33.3 Å². The zero-order chi connectivity index (χ0) is 30.2. The molecule has 1 saturated carbocycles. The average molecular weight is 652 g/mol. The van der Waals surface area contributed by atoms with Crippen LogP contribution in [-0.2, 0) is 27.7 Å². The number of thioether (sulfide) groups is 1. The first-order valence-corrected chi connectivity index (χ1v) is 17.9. The van der Waals surface area contributed by atoms with E-state index < -0.39 is 52.3 Å². The van der Waals surface area contributed by atoms with Crippen molar-refractivity contribution in [3.8, 4) is 0 Å². The standard InChI is InChI=1S/C22H43N3O13P2S/c26-15(8-4-3-7-14-16-13(11-41-14)24-12-25-16)23-9-5-1-2-6-10-36-21-18(28)17(27)20(37-39(30,31)32)19(29)22(21)38-40(33,34)35/h13-14,16-22,24-25,27-29H,1-12H2,(H,23,26)(H2,30,31,32)(H2,33,34,35)/t13-,14-,16-,17-,18+,19-,20+,21+,22+/m0/s1. The normalized spacial score (nSPS) is 34.1. The summed E-state index contributed by atoms with van der Waals surface area (Å²) in [4.78, 5) is 48.5. The molecule has 3 fully saturated rings. The minimum absolute atomic E-state index is 0.0199. The van der Waals surface area contributed by atoms with Gasteiger partial charge in [0.25, 0.3) is 0 Å². The number of rotatable bonds is 17. The minimum Gasteiger partial charge on any atom is -0.387 e. The van der Waals surface area contributed by atoms with Gasteiger partial charge in [0.2, 0.25) is 5.91 Å². The van der Waals surface area contributed by atoms with Crippen LogP contribution in [0.1, 0.15) is 51.4 Å². The van der Waals surface area contributed by atoms with Crippen molar-refractivity contribution in [1.82, 2.24) is 16.0 Å². The summed E-state index contributed by atoms with van der Waals surface area (Å²) in [6, 6.07) is 1.09. The number of aliphatic hydroxyl groups is 3. The number of aliphatic hydroxyl groups excluding tert-OH is 3. The number of carbonyl (C=O) groups is 1. The molecule has 1 amide bonds. The summed E-state index contributed by atoms with van der Waals surface area (Å²) in [6.07, 6.45) is -5.79. The number of fused-ring (bicyclic) bond motifs is 1. The molecule has 2 aliphatic heterocycles. The number of amides is 1. The quantitative estimate of drug-likeness (QED) is 0.0645. The van der Waals surface area contributed by atoms with E-state index in [1.54, 1.807) is 0 Å². The number of unbranched alkanes of at least 4 members (excludes halogenated alkanes) is 4. The Morgan fingerprint density at radius 3 is 2.20 bits per heavy atom. The fourth-order valence-electron chi connectivity index (χ4n) is 5.40. The van der Waals surface area contributed by atoms with E-state index in [0.717, 1.165) is 44.5 Å². The molecule has 3 rings (SSSR count). The highest BCUT2D eigenvalue weighted by atomic mass is 32.2. The molecule has 2 saturated heterocycles. The van der Waals surface area contributed by atoms with Crippen molar-refractivity contribution < 1.29 is 62.6 Å². The lowest BCUT2D eigenvalue weighted by atomic mass is 9.85. The van der Waals surface area contributed by atoms with Crippen molar-refractivity contribution in [3.05, 3.63) is 0 Å². The summed E-state index contributed by atoms with van der Waals surface area (Å²) in [6.45, 7) is 1.36. The second-order valence-corrected chi connectivity index (χ2v) is 14.2. The summed E-state index contributed by atoms with van der Waals surface area (Å²) in [5.74, 6) is 1.15. The summed E-state index contributed by atoms with van der Waals surface area (Å²) in [5.41, 5.74) is 0. The summed E-state index contributed by atoms with van der Waals surface area (Å²) in [7, 11) is -10.5. The summed E-state index contributed by atoms with van der Waals surface area (Å²) < 4.78 is 36.9. The zero-order valence-corrected chi connectivity index (χ0v) is 25.2. The van der Waals surface area contributed by atoms with E-state index in [0.29, 0.717) is 43.1 Å². The highest BCUT2D eigenvalue weighted by molar-refractivity contribution is 8.00. The number of hydrogen-bond donors (Lipinski definition) is 10. The largest absolute Gasteiger partial charge is 0.470 e. The van der Waals surface area contributed by atoms with Crippen LogP contribution in [0.3, 0.4) is 0 Å². The minimum atomic E-state index is -5.25. The number of hydrogen-bond acceptors (Lipinski definition) is 12. The topological polar surface area (TPSA) is 257 Å². The zero-order valence-electron chi connectivity index (χ0n) is 22.6. The van der Waals surface area contributed by atoms with E-state index in [2.05, 4.69) is 25.0 Å². The van der Waals surface area contributed by atoms with Crippen LogP contribution in [0.5, 0.6) is 0 Å². The second kappa shape index (κ2) is 16.2. The molecule has 1 aliphatic carbocycles. The molecule has 10 N–H and O–H groups in total. The average Bonchev–Trinajstić information content (AvgIpc) is 3.49. The molecule has 9 atom stereocenters. The summed E-state index contributed by atoms with van der Waals surface area (Å²) in [5, 5.41) is 41.4. The Hall–Kier alpha value is -0.200. The Morgan fingerprint density at radius 2 is 1.49 bits per heavy atom. The van der Waals surface area contributed by atoms with Gasteiger partial charge >= 0.3 is 15.6 Å². The fourth-order valence-corrected chi connectivity index (χ4v) is 8.13. The maximum Gasteiger partial charge on any atom is 0.470 e. The van der Waals surface area contributed by atoms with E-state index in [-0.39, 0.29) is 12.5 Å². The smallest absolute Gasteiger partial charge is 0.387 e. The third-order valence-electron chi connectivity index (χ3n) is 7.41. The van der Waals surface area contributed by atoms with Gasteiger partial charge in [-0.3, -0.25) is 24.5 Å². The van der Waals surface area contributed by atoms with Gasteiger partial charge in [-0.1, -0.05) is 19.3 Å². The van der Waals surface area contributed by atoms with Crippen LogP contribution < -0.4 is 16.0 Å². The van der Waals surface area contributed by atoms with Crippen molar-refractivity contribution in [1.29, 1.82) is 0 Å². The Bertz CT molecular complexity index is 927. The van der Waals surface area contributed by atoms with E-state index >= 15 is 0 Å². The molecule has 19 heteroatoms. The van der Waals surface area contributed by atoms with Gasteiger partial charge < -0.3 is 44.9 Å². The molecule has 0 spiro atoms. The molecule has 41 heavy (non-hydrogen) atoms. The Balaban J connectivity index is 1.29. The molecule has 0 radical (unpaired) electrons. The van der Waals surface area contributed by atoms with Crippen LogP contribution in [0.25, 0.3) is 0 Å². The van der Waals surface area contributed by atoms with Crippen molar-refractivity contribution in [2.75, 3.05) is 25.6 Å². The lowest BCUT2D eigenvalue weighted by Gasteiger charge is -2.44. The van der Waals surface area contributed by atoms with Crippen LogP contribution in [0.2, 0.25) is 0 Å². The molecular weight excluding hydrogens is 608 g/mol. The van der Waals surface area contributed by atoms with Gasteiger partial charge in [0, 0.05) is 49.3 Å². The maximum atomic E-state index is 12.1. The van der Waals surface area contributed by atoms with E-state index in [1.165, 1.54) is 0 Å². The molecule has 3 aliphatic rings. The van der Waals surface area contributed by atoms with Gasteiger partial charge in [-0.2, -0.15) is 11.8 Å². The second-order valence-electron chi connectivity index (χ2n) is 10.5. The van der Waals surface area contributed by atoms with Crippen molar-refractivity contribution in [2.45, 2.75) is 105 Å². The molecule has 0 aromatic heterocycles. The molecule has 2 heterocycles. The molecule has 240 valence electrons. The van der Waals surface area contributed by atoms with Gasteiger partial charge in [0.1, 0.15) is 36.6 Å². The van der Waals surface area contributed by atoms with Crippen molar-refractivity contribution in [3.63, 3.8) is 0 Å². The molecule has 0 aromatic carbocycles. The lowest BCUT2D eigenvalue weighted by molar-refractivity contribution is -0.228. The van der Waals surface area contributed by atoms with Crippen LogP contribution in [0.4, 0.5) is 0 Å². The Kier molecular flexibility index (Phi) is 13.9. The predicted molar refractivity (Wildman–Crippen MR) is 147 cm³/mol. The molecule has 16 nitrogen and oxygen atoms in total. The SMILES string of the molecule is O=C(CCCC[C@@H]1SC[C@@H]2NCN[C@@H]21)NCCCCCCO[C@@H]1[C@H](O)[C@H](O)[C@@H](OP(=O)(O)O)[C@H](O)[C@H]1OP(=O)(O)O. The molecule has 0 unspecified atom stereocenters. The third-order valence-corrected chi connectivity index (χ3v) is 9.95. The van der Waals surface area contributed by atoms with Gasteiger partial charge in [-0.05, 0) is 25.7 Å². The Labute approximate surface area is 242 Å². The maximum absolute atomic E-state index is 12.1. The summed E-state index contributed by atoms with van der Waals surface area (Å²) >= 11 is 1.99. The van der Waals surface area contributed by atoms with Crippen molar-refractivity contribution in [2.24, 2.45) is 0 Å². The predicted octanol–water partition coefficient (Wildman–Crippen LogP) is -1.34. The number of phosphoric ester groups is 2. The first-order chi connectivity index (χ1) is 19.3. The number of ether oxygens (including phenoxy) is 1. The van der Waals surface area contributed by atoms with Crippen LogP contribution in [0.15, 0.2) is 0 Å². The number of carbonyl (C=O) groups excluding carboxylic acids is 1. The van der Waals surface area contributed by atoms with Crippen LogP contribution >= 0.6 is 27.4 Å². The molecule has 0 aromatic rings. The van der Waals surface area contributed by atoms with Gasteiger partial charge in [0.05, 0.1) is 0 Å². The van der Waals surface area contributed by atoms with Crippen LogP contribution in [0, 0.1) is 0 Å². The number of phosphoric acid groups is 2. The highest BCUT2D eigenvalue weighted by Crippen LogP contribution is 2.46. The first kappa shape index (κ1) is 35.3. The lowest BCUT2D eigenvalue weighted by Crippen LogP contribution is -2.65. The Morgan fingerprint density at radius 1 is 0.829 bits per heavy atom. The first-order valence-electron chi connectivity index (χ1n) is 13.8. The monoisotopic (exact) mass is 651 g/mol. The highest BCUT2D eigenvalue weighted by Gasteiger charge is 2.54. The number of nitrogens with one attached hydrogen (secondary N) is 3. The third kappa shape index (κ3) is 11.3. The van der Waals surface area contributed by atoms with E-state index in [9.17, 15) is 39.0 Å². The van der Waals surface area contributed by atoms with Crippen LogP contribution in [-0.4, -0.2) is 120 Å². The van der Waals surface area contributed by atoms with Gasteiger partial charge in [-0.25, -0.2) is 9.13 Å². The van der Waals surface area contributed by atoms with E-state index in [1.807, 2.05) is 11.8 Å². The van der Waals surface area contributed by atoms with Gasteiger partial charge in [0.15, 0.2) is 0 Å². The molecular formula is C22H43N3O13P2S. The fraction of sp³-hybridized carbons (Fsp3) is 0.955. The molecule has 0 bridgehead atoms.